The summed E-state index contributed by atoms with van der Waals surface area (Å²) in [5, 5.41) is 86.1. The van der Waals surface area contributed by atoms with Crippen LogP contribution in [0.15, 0.2) is 193 Å². The molecule has 0 spiro atoms. The molecule has 2 saturated heterocycles. The van der Waals surface area contributed by atoms with Crippen molar-refractivity contribution in [1.82, 2.24) is 5.32 Å². The van der Waals surface area contributed by atoms with E-state index < -0.39 is 133 Å². The van der Waals surface area contributed by atoms with E-state index >= 15 is 0 Å². The normalized spacial score (nSPS) is 23.9. The topological polar surface area (TPSA) is 409 Å². The maximum absolute atomic E-state index is 13.8. The van der Waals surface area contributed by atoms with Gasteiger partial charge in [0.25, 0.3) is 0 Å². The summed E-state index contributed by atoms with van der Waals surface area (Å²) in [7, 11) is 0. The molecule has 10 N–H and O–H groups in total. The fraction of sp³-hybridized carbons (Fsp3) is 0.480. The molecule has 2 heterocycles. The number of carbonyl (C=O) groups excluding carboxylic acids is 9. The number of halogens is 4. The van der Waals surface area contributed by atoms with Crippen molar-refractivity contribution in [3.63, 3.8) is 0 Å². The van der Waals surface area contributed by atoms with E-state index in [9.17, 15) is 102 Å². The molecule has 6 aromatic rings. The van der Waals surface area contributed by atoms with Gasteiger partial charge in [0.1, 0.15) is 53.1 Å². The number of hydrogen-bond acceptors (Lipinski definition) is 23. The third kappa shape index (κ3) is 30.2. The molecule has 712 valence electrons. The summed E-state index contributed by atoms with van der Waals surface area (Å²) >= 11 is 0. The van der Waals surface area contributed by atoms with Crippen LogP contribution in [0.3, 0.4) is 0 Å². The number of hydrogen-bond donors (Lipinski definition) is 9. The Morgan fingerprint density at radius 1 is 0.519 bits per heavy atom. The number of ether oxygens (including phenoxy) is 5. The van der Waals surface area contributed by atoms with E-state index in [0.717, 1.165) is 16.7 Å². The number of esters is 5. The van der Waals surface area contributed by atoms with Crippen molar-refractivity contribution in [2.24, 2.45) is 64.9 Å². The number of nitrogens with one attached hydrogen (secondary N) is 1. The first-order valence-electron chi connectivity index (χ1n) is 45.6. The van der Waals surface area contributed by atoms with Crippen LogP contribution >= 0.6 is 0 Å². The van der Waals surface area contributed by atoms with Gasteiger partial charge in [-0.2, -0.15) is 0 Å². The van der Waals surface area contributed by atoms with E-state index in [-0.39, 0.29) is 170 Å². The number of β-lactam (4-membered cyclic amide) rings is 2. The average molecular weight is 1860 g/mol. The second kappa shape index (κ2) is 51.0. The van der Waals surface area contributed by atoms with Crippen LogP contribution < -0.4 is 65.0 Å². The molecule has 2 fully saturated rings. The number of nitrogens with zero attached hydrogens (tertiary/aromatic N) is 2. The molecule has 3 amide bonds. The number of aliphatic hydroxyl groups excluding tert-OH is 7. The molecule has 22 atom stereocenters. The first kappa shape index (κ1) is 107. The fourth-order valence-corrected chi connectivity index (χ4v) is 18.3. The van der Waals surface area contributed by atoms with Crippen molar-refractivity contribution >= 4 is 64.9 Å². The van der Waals surface area contributed by atoms with E-state index in [1.165, 1.54) is 91.9 Å². The quantitative estimate of drug-likeness (QED) is 0.00431. The first-order valence-corrected chi connectivity index (χ1v) is 45.6. The van der Waals surface area contributed by atoms with Gasteiger partial charge in [-0.1, -0.05) is 127 Å². The van der Waals surface area contributed by atoms with Crippen molar-refractivity contribution < 1.29 is 155 Å². The van der Waals surface area contributed by atoms with E-state index in [4.69, 9.17) is 29.4 Å². The first-order chi connectivity index (χ1) is 63.0. The zero-order chi connectivity index (χ0) is 95.7. The Balaban J connectivity index is 0.000000251. The van der Waals surface area contributed by atoms with Crippen molar-refractivity contribution in [3.8, 4) is 11.5 Å². The SMILES string of the molecule is CC[C@H](C)C(=O)O[C@H]1C[C@H](O)C=C2C=C[C@H](C)[C@H](CC[C@@H](O)C[C@@H](O)CC(=O)NCCC(=O)Oc3ccc([C@@H]4[C@@H](CC[C@H](OC(C)=O)c5ccc(F)cc5)C(=O)N4c4ccc(F)cc4)cc3)[C@H]21.CC[C@H](C)C(=O)O[C@H]1C[C@H](O)C=C2C=C[C@H](C)[C@H](CC[C@@H](O)C[C@@H](O)CC(=O)[O-])[C@H]21.NCCC(=O)Oc1ccc([C@@H]2[C@@H](CC[C@H](O)c3ccc(F)cc3)C(=O)N2c2ccc(F)cc2)cc1.[Na+]. The van der Waals surface area contributed by atoms with Crippen LogP contribution in [0.1, 0.15) is 211 Å². The predicted octanol–water partition coefficient (Wildman–Crippen LogP) is 10.1. The molecule has 31 heteroatoms. The van der Waals surface area contributed by atoms with Gasteiger partial charge in [0.2, 0.25) is 17.7 Å². The van der Waals surface area contributed by atoms with Gasteiger partial charge < -0.3 is 90.2 Å². The molecule has 0 radical (unpaired) electrons. The summed E-state index contributed by atoms with van der Waals surface area (Å²) in [6.07, 6.45) is 8.08. The zero-order valence-electron chi connectivity index (χ0n) is 76.4. The largest absolute Gasteiger partial charge is 1.00 e. The van der Waals surface area contributed by atoms with Gasteiger partial charge in [-0.05, 0) is 231 Å². The Bertz CT molecular complexity index is 4990. The van der Waals surface area contributed by atoms with Crippen LogP contribution in [0.5, 0.6) is 11.5 Å². The van der Waals surface area contributed by atoms with E-state index in [1.807, 2.05) is 45.9 Å². The summed E-state index contributed by atoms with van der Waals surface area (Å²) in [5.74, 6) is -6.66. The fourth-order valence-electron chi connectivity index (χ4n) is 18.3. The van der Waals surface area contributed by atoms with Gasteiger partial charge in [-0.3, -0.25) is 38.4 Å². The Hall–Kier alpha value is -10.1. The third-order valence-corrected chi connectivity index (χ3v) is 25.7. The van der Waals surface area contributed by atoms with E-state index in [1.54, 1.807) is 76.5 Å². The van der Waals surface area contributed by atoms with Crippen molar-refractivity contribution in [1.29, 1.82) is 0 Å². The third-order valence-electron chi connectivity index (χ3n) is 25.7. The number of allylic oxidation sites excluding steroid dienone is 4. The Morgan fingerprint density at radius 3 is 1.31 bits per heavy atom. The number of rotatable bonds is 40. The minimum Gasteiger partial charge on any atom is -0.550 e. The van der Waals surface area contributed by atoms with Crippen molar-refractivity contribution in [3.05, 3.63) is 239 Å². The standard InChI is InChI=1S/C52H62F2N2O11.C27H26F2N2O4.C23H36O7.Na/c1-5-30(2)52(64)67-46-28-40(59)26-35-7-6-31(3)43(49(35)46)21-18-39(58)27-41(60)29-47(61)55-25-24-48(62)66-42-19-10-34(11-20-42)50-44(51(63)56(50)38-16-14-37(54)15-17-38)22-23-45(65-32(4)57)33-8-12-36(53)13-9-33;28-19-5-1-17(2-6-19)24(32)14-13-23-26(31(27(23)34)21-9-7-20(29)8-10-21)18-3-11-22(12-4-18)35-25(33)15-16-30;1-4-13(2)23(29)30-20-11-17(25)9-15-6-5-14(3)19(22(15)20)8-7-16(24)10-18(26)12-21(27)28;/h6-17,19-20,26,30-31,39-41,43-46,49-50,58-60H,5,18,21-25,27-29H2,1-4H3,(H,55,61);1-12,23-24,26,32H,13-16,30H2;5-6,9,13-14,16-20,22,24-26H,4,7-8,10-12H2,1-3H3,(H,27,28);/q;;;+1/p-1/t30-,31-,39+,40+,41+,43-,44+,45-,46-,49-,50+;23-,24+,26-;13-,14-,16+,17+,18+,19-,20-,22-;/m010./s1. The molecule has 133 heavy (non-hydrogen) atoms. The number of nitrogens with two attached hydrogens (primary N) is 1. The number of fused-ring (bicyclic) bond motifs is 2. The van der Waals surface area contributed by atoms with Crippen LogP contribution in [-0.4, -0.2) is 151 Å². The summed E-state index contributed by atoms with van der Waals surface area (Å²) in [5.41, 5.74) is 11.0. The Labute approximate surface area is 795 Å². The molecule has 4 aliphatic carbocycles. The number of aliphatic hydroxyl groups is 7. The maximum atomic E-state index is 13.8. The van der Waals surface area contributed by atoms with Crippen molar-refractivity contribution in [2.45, 2.75) is 237 Å². The number of carbonyl (C=O) groups is 9. The minimum atomic E-state index is -1.35. The average Bonchev–Trinajstić information content (AvgIpc) is 1.05. The summed E-state index contributed by atoms with van der Waals surface area (Å²) in [6, 6.07) is 35.1. The van der Waals surface area contributed by atoms with Crippen LogP contribution in [0, 0.1) is 82.4 Å². The summed E-state index contributed by atoms with van der Waals surface area (Å²) < 4.78 is 82.2. The number of aliphatic carboxylic acids is 1. The van der Waals surface area contributed by atoms with Gasteiger partial charge in [-0.25, -0.2) is 17.6 Å². The van der Waals surface area contributed by atoms with Gasteiger partial charge in [-0.15, -0.1) is 0 Å². The van der Waals surface area contributed by atoms with Crippen LogP contribution in [0.4, 0.5) is 28.9 Å². The Morgan fingerprint density at radius 2 is 0.910 bits per heavy atom. The molecule has 0 unspecified atom stereocenters. The second-order valence-corrected chi connectivity index (χ2v) is 35.4. The number of amides is 3. The van der Waals surface area contributed by atoms with Gasteiger partial charge in [0.15, 0.2) is 0 Å². The van der Waals surface area contributed by atoms with E-state index in [2.05, 4.69) is 31.3 Å². The van der Waals surface area contributed by atoms with Crippen LogP contribution in [0.2, 0.25) is 0 Å². The number of carboxylic acids is 1. The molecule has 26 nitrogen and oxygen atoms in total. The summed E-state index contributed by atoms with van der Waals surface area (Å²) in [6.45, 7) is 13.0. The molecule has 6 aromatic carbocycles. The molecule has 6 aliphatic rings. The smallest absolute Gasteiger partial charge is 0.550 e. The predicted molar refractivity (Wildman–Crippen MR) is 479 cm³/mol. The molecule has 0 saturated carbocycles. The molecule has 2 aliphatic heterocycles. The maximum Gasteiger partial charge on any atom is 1.00 e. The number of anilines is 2. The second-order valence-electron chi connectivity index (χ2n) is 35.4. The molecule has 0 aromatic heterocycles. The van der Waals surface area contributed by atoms with Crippen molar-refractivity contribution in [2.75, 3.05) is 22.9 Å². The minimum absolute atomic E-state index is 0. The number of benzene rings is 6. The van der Waals surface area contributed by atoms with Gasteiger partial charge in [0, 0.05) is 68.5 Å². The number of carboxylic acid groups (broad SMARTS) is 1. The molecule has 12 rings (SSSR count). The van der Waals surface area contributed by atoms with Gasteiger partial charge >= 0.3 is 59.4 Å². The zero-order valence-corrected chi connectivity index (χ0v) is 78.4. The molecular formula is C102H123F4N4NaO22. The Kier molecular flexibility index (Phi) is 40.9. The molecule has 0 bridgehead atoms. The van der Waals surface area contributed by atoms with Crippen LogP contribution in [0.25, 0.3) is 0 Å². The molecular weight excluding hydrogens is 1730 g/mol. The summed E-state index contributed by atoms with van der Waals surface area (Å²) in [4.78, 5) is 115. The van der Waals surface area contributed by atoms with Crippen LogP contribution in [-0.2, 0) is 57.4 Å². The monoisotopic (exact) mass is 1850 g/mol. The van der Waals surface area contributed by atoms with E-state index in [0.29, 0.717) is 104 Å². The van der Waals surface area contributed by atoms with Gasteiger partial charge in [0.05, 0.1) is 97.7 Å².